The molecule has 2 N–H and O–H groups in total. The van der Waals surface area contributed by atoms with Crippen LogP contribution in [0.5, 0.6) is 0 Å². The summed E-state index contributed by atoms with van der Waals surface area (Å²) in [5.74, 6) is 0.782. The molecule has 1 heterocycles. The molecular weight excluding hydrogens is 234 g/mol. The van der Waals surface area contributed by atoms with Gasteiger partial charge in [0.2, 0.25) is 0 Å². The van der Waals surface area contributed by atoms with Crippen molar-refractivity contribution in [2.45, 2.75) is 13.3 Å². The maximum Gasteiger partial charge on any atom is 0.274 e. The summed E-state index contributed by atoms with van der Waals surface area (Å²) in [5.41, 5.74) is 1.51. The van der Waals surface area contributed by atoms with Gasteiger partial charge in [0, 0.05) is 30.3 Å². The van der Waals surface area contributed by atoms with Crippen molar-refractivity contribution < 1.29 is 4.92 Å². The second kappa shape index (κ2) is 5.26. The Morgan fingerprint density at radius 3 is 3.00 bits per heavy atom. The van der Waals surface area contributed by atoms with Crippen molar-refractivity contribution in [2.75, 3.05) is 11.9 Å². The van der Waals surface area contributed by atoms with Gasteiger partial charge in [0.05, 0.1) is 4.92 Å². The van der Waals surface area contributed by atoms with E-state index in [1.54, 1.807) is 13.0 Å². The Bertz CT molecular complexity index is 538. The van der Waals surface area contributed by atoms with E-state index in [0.29, 0.717) is 18.5 Å². The highest BCUT2D eigenvalue weighted by molar-refractivity contribution is 5.54. The molecule has 0 amide bonds. The monoisotopic (exact) mass is 247 g/mol. The number of aryl methyl sites for hydroxylation is 1. The van der Waals surface area contributed by atoms with Gasteiger partial charge in [-0.2, -0.15) is 5.10 Å². The minimum absolute atomic E-state index is 0.125. The van der Waals surface area contributed by atoms with E-state index < -0.39 is 0 Å². The fraction of sp³-hybridized carbons (Fsp3) is 0.273. The smallest absolute Gasteiger partial charge is 0.274 e. The van der Waals surface area contributed by atoms with Crippen LogP contribution < -0.4 is 5.32 Å². The summed E-state index contributed by atoms with van der Waals surface area (Å²) in [6, 6.07) is 5.09. The Kier molecular flexibility index (Phi) is 3.52. The Labute approximate surface area is 103 Å². The summed E-state index contributed by atoms with van der Waals surface area (Å²) >= 11 is 0. The number of aromatic amines is 1. The van der Waals surface area contributed by atoms with Gasteiger partial charge in [0.1, 0.15) is 12.2 Å². The lowest BCUT2D eigenvalue weighted by atomic mass is 10.2. The lowest BCUT2D eigenvalue weighted by molar-refractivity contribution is -0.385. The van der Waals surface area contributed by atoms with Crippen LogP contribution in [0, 0.1) is 17.0 Å². The van der Waals surface area contributed by atoms with Crippen LogP contribution in [0.3, 0.4) is 0 Å². The molecule has 0 aliphatic carbocycles. The fourth-order valence-corrected chi connectivity index (χ4v) is 1.59. The number of H-pyrrole nitrogens is 1. The van der Waals surface area contributed by atoms with E-state index in [1.807, 2.05) is 6.07 Å². The Balaban J connectivity index is 1.97. The van der Waals surface area contributed by atoms with Gasteiger partial charge < -0.3 is 5.32 Å². The highest BCUT2D eigenvalue weighted by Gasteiger charge is 2.10. The van der Waals surface area contributed by atoms with Crippen LogP contribution in [0.25, 0.3) is 0 Å². The van der Waals surface area contributed by atoms with E-state index in [0.717, 1.165) is 11.5 Å². The van der Waals surface area contributed by atoms with Crippen LogP contribution in [-0.4, -0.2) is 26.6 Å². The summed E-state index contributed by atoms with van der Waals surface area (Å²) in [6.45, 7) is 2.35. The van der Waals surface area contributed by atoms with Crippen molar-refractivity contribution in [3.63, 3.8) is 0 Å². The molecule has 0 atom stereocenters. The zero-order chi connectivity index (χ0) is 13.0. The van der Waals surface area contributed by atoms with Crippen molar-refractivity contribution in [3.8, 4) is 0 Å². The first-order chi connectivity index (χ1) is 8.66. The number of nitrogens with one attached hydrogen (secondary N) is 2. The van der Waals surface area contributed by atoms with Crippen molar-refractivity contribution in [1.82, 2.24) is 15.2 Å². The lowest BCUT2D eigenvalue weighted by Gasteiger charge is -2.05. The third-order valence-electron chi connectivity index (χ3n) is 2.56. The second-order valence-corrected chi connectivity index (χ2v) is 3.87. The average molecular weight is 247 g/mol. The molecule has 7 nitrogen and oxygen atoms in total. The van der Waals surface area contributed by atoms with Crippen LogP contribution in [0.1, 0.15) is 11.4 Å². The van der Waals surface area contributed by atoms with E-state index in [2.05, 4.69) is 20.5 Å². The van der Waals surface area contributed by atoms with Gasteiger partial charge in [-0.05, 0) is 13.0 Å². The molecule has 0 aliphatic rings. The molecule has 0 radical (unpaired) electrons. The van der Waals surface area contributed by atoms with Crippen molar-refractivity contribution in [1.29, 1.82) is 0 Å². The van der Waals surface area contributed by atoms with E-state index in [9.17, 15) is 10.1 Å². The van der Waals surface area contributed by atoms with E-state index in [4.69, 9.17) is 0 Å². The van der Waals surface area contributed by atoms with Crippen LogP contribution >= 0.6 is 0 Å². The molecule has 0 saturated carbocycles. The molecule has 0 saturated heterocycles. The van der Waals surface area contributed by atoms with Gasteiger partial charge in [-0.3, -0.25) is 15.2 Å². The van der Waals surface area contributed by atoms with E-state index in [1.165, 1.54) is 12.4 Å². The summed E-state index contributed by atoms with van der Waals surface area (Å²) < 4.78 is 0. The first-order valence-corrected chi connectivity index (χ1v) is 5.50. The molecule has 1 aromatic carbocycles. The number of anilines is 1. The predicted molar refractivity (Wildman–Crippen MR) is 66.4 cm³/mol. The Hall–Kier alpha value is -2.44. The van der Waals surface area contributed by atoms with Crippen LogP contribution in [0.2, 0.25) is 0 Å². The maximum absolute atomic E-state index is 10.8. The number of nitrogens with zero attached hydrogens (tertiary/aromatic N) is 3. The van der Waals surface area contributed by atoms with Gasteiger partial charge in [-0.15, -0.1) is 0 Å². The molecule has 0 aliphatic heterocycles. The van der Waals surface area contributed by atoms with E-state index in [-0.39, 0.29) is 10.6 Å². The number of nitro groups is 1. The molecule has 1 aromatic heterocycles. The minimum atomic E-state index is -0.378. The second-order valence-electron chi connectivity index (χ2n) is 3.87. The van der Waals surface area contributed by atoms with E-state index >= 15 is 0 Å². The lowest BCUT2D eigenvalue weighted by Crippen LogP contribution is -2.06. The highest BCUT2D eigenvalue weighted by Crippen LogP contribution is 2.22. The summed E-state index contributed by atoms with van der Waals surface area (Å²) in [6.07, 6.45) is 2.13. The van der Waals surface area contributed by atoms with Crippen molar-refractivity contribution in [3.05, 3.63) is 46.0 Å². The van der Waals surface area contributed by atoms with Gasteiger partial charge in [-0.25, -0.2) is 4.98 Å². The zero-order valence-corrected chi connectivity index (χ0v) is 9.88. The quantitative estimate of drug-likeness (QED) is 0.618. The van der Waals surface area contributed by atoms with Gasteiger partial charge in [0.25, 0.3) is 5.69 Å². The molecule has 0 bridgehead atoms. The van der Waals surface area contributed by atoms with Gasteiger partial charge in [-0.1, -0.05) is 6.07 Å². The first kappa shape index (κ1) is 12.0. The van der Waals surface area contributed by atoms with Gasteiger partial charge >= 0.3 is 0 Å². The molecule has 7 heteroatoms. The average Bonchev–Trinajstić information content (AvgIpc) is 2.84. The number of hydrogen-bond acceptors (Lipinski definition) is 5. The fourth-order valence-electron chi connectivity index (χ4n) is 1.59. The van der Waals surface area contributed by atoms with Crippen LogP contribution in [-0.2, 0) is 6.42 Å². The van der Waals surface area contributed by atoms with Crippen molar-refractivity contribution in [2.24, 2.45) is 0 Å². The normalized spacial score (nSPS) is 10.3. The summed E-state index contributed by atoms with van der Waals surface area (Å²) in [5, 5.41) is 20.4. The molecule has 0 spiro atoms. The predicted octanol–water partition coefficient (Wildman–Crippen LogP) is 1.68. The molecular formula is C11H13N5O2. The number of rotatable bonds is 5. The molecule has 2 rings (SSSR count). The number of aromatic nitrogens is 3. The summed E-state index contributed by atoms with van der Waals surface area (Å²) in [4.78, 5) is 14.4. The topological polar surface area (TPSA) is 96.7 Å². The molecule has 2 aromatic rings. The zero-order valence-electron chi connectivity index (χ0n) is 9.88. The van der Waals surface area contributed by atoms with Gasteiger partial charge in [0.15, 0.2) is 0 Å². The Morgan fingerprint density at radius 2 is 2.33 bits per heavy atom. The molecule has 0 fully saturated rings. The third kappa shape index (κ3) is 2.82. The standard InChI is InChI=1S/C11H13N5O2/c1-8-2-3-9(6-10(8)16(17)18)12-5-4-11-13-7-14-15-11/h2-3,6-7,12H,4-5H2,1H3,(H,13,14,15). The number of hydrogen-bond donors (Lipinski definition) is 2. The number of nitro benzene ring substituents is 1. The molecule has 18 heavy (non-hydrogen) atoms. The molecule has 94 valence electrons. The minimum Gasteiger partial charge on any atom is -0.384 e. The Morgan fingerprint density at radius 1 is 1.50 bits per heavy atom. The maximum atomic E-state index is 10.8. The number of benzene rings is 1. The van der Waals surface area contributed by atoms with Crippen molar-refractivity contribution >= 4 is 11.4 Å². The van der Waals surface area contributed by atoms with Crippen LogP contribution in [0.4, 0.5) is 11.4 Å². The highest BCUT2D eigenvalue weighted by atomic mass is 16.6. The first-order valence-electron chi connectivity index (χ1n) is 5.50. The third-order valence-corrected chi connectivity index (χ3v) is 2.56. The SMILES string of the molecule is Cc1ccc(NCCc2ncn[nH]2)cc1[N+](=O)[O-]. The summed E-state index contributed by atoms with van der Waals surface area (Å²) in [7, 11) is 0. The molecule has 0 unspecified atom stereocenters. The largest absolute Gasteiger partial charge is 0.384 e. The van der Waals surface area contributed by atoms with Crippen LogP contribution in [0.15, 0.2) is 24.5 Å².